The molecule has 0 atom stereocenters. The number of carbonyl (C=O) groups is 2. The van der Waals surface area contributed by atoms with Crippen molar-refractivity contribution in [3.05, 3.63) is 29.6 Å². The lowest BCUT2D eigenvalue weighted by Crippen LogP contribution is -2.26. The number of nitrogens with two attached hydrogens (primary N) is 1. The van der Waals surface area contributed by atoms with Crippen molar-refractivity contribution in [3.63, 3.8) is 0 Å². The average Bonchev–Trinajstić information content (AvgIpc) is 2.44. The zero-order chi connectivity index (χ0) is 14.8. The molecule has 20 heavy (non-hydrogen) atoms. The van der Waals surface area contributed by atoms with Crippen molar-refractivity contribution in [1.82, 2.24) is 10.3 Å². The van der Waals surface area contributed by atoms with Gasteiger partial charge in [-0.3, -0.25) is 9.59 Å². The SMILES string of the molecule is NC(=O)CCCNC(=O)c1ccc(C#CCCO)cn1. The van der Waals surface area contributed by atoms with Gasteiger partial charge < -0.3 is 16.2 Å². The van der Waals surface area contributed by atoms with Crippen LogP contribution in [0.15, 0.2) is 18.3 Å². The van der Waals surface area contributed by atoms with Crippen molar-refractivity contribution >= 4 is 11.8 Å². The van der Waals surface area contributed by atoms with E-state index in [1.54, 1.807) is 12.1 Å². The molecule has 1 heterocycles. The first-order valence-corrected chi connectivity index (χ1v) is 6.25. The third-order valence-electron chi connectivity index (χ3n) is 2.35. The van der Waals surface area contributed by atoms with Gasteiger partial charge in [0.1, 0.15) is 5.69 Å². The molecule has 106 valence electrons. The number of primary amides is 1. The van der Waals surface area contributed by atoms with Gasteiger partial charge in [-0.15, -0.1) is 0 Å². The van der Waals surface area contributed by atoms with Gasteiger partial charge in [0.05, 0.1) is 6.61 Å². The average molecular weight is 275 g/mol. The van der Waals surface area contributed by atoms with Crippen LogP contribution in [0.2, 0.25) is 0 Å². The molecule has 0 bridgehead atoms. The number of nitrogens with one attached hydrogen (secondary N) is 1. The molecular weight excluding hydrogens is 258 g/mol. The van der Waals surface area contributed by atoms with E-state index in [9.17, 15) is 9.59 Å². The molecule has 6 nitrogen and oxygen atoms in total. The van der Waals surface area contributed by atoms with E-state index < -0.39 is 0 Å². The van der Waals surface area contributed by atoms with Crippen LogP contribution in [0.1, 0.15) is 35.3 Å². The second-order valence-electron chi connectivity index (χ2n) is 4.03. The number of hydrogen-bond acceptors (Lipinski definition) is 4. The summed E-state index contributed by atoms with van der Waals surface area (Å²) in [5.74, 6) is 4.90. The normalized spacial score (nSPS) is 9.45. The Hall–Kier alpha value is -2.39. The van der Waals surface area contributed by atoms with Gasteiger partial charge in [0.25, 0.3) is 5.91 Å². The maximum absolute atomic E-state index is 11.7. The van der Waals surface area contributed by atoms with Gasteiger partial charge in [0.15, 0.2) is 0 Å². The van der Waals surface area contributed by atoms with Crippen molar-refractivity contribution < 1.29 is 14.7 Å². The van der Waals surface area contributed by atoms with Gasteiger partial charge in [-0.25, -0.2) is 4.98 Å². The highest BCUT2D eigenvalue weighted by Gasteiger charge is 2.06. The molecule has 1 rings (SSSR count). The first-order chi connectivity index (χ1) is 9.63. The highest BCUT2D eigenvalue weighted by molar-refractivity contribution is 5.92. The predicted octanol–water partition coefficient (Wildman–Crippen LogP) is -0.189. The molecule has 0 saturated carbocycles. The molecular formula is C14H17N3O3. The summed E-state index contributed by atoms with van der Waals surface area (Å²) in [6.45, 7) is 0.397. The Balaban J connectivity index is 2.45. The molecule has 0 aromatic carbocycles. The van der Waals surface area contributed by atoms with Gasteiger partial charge in [-0.05, 0) is 18.6 Å². The predicted molar refractivity (Wildman–Crippen MR) is 73.6 cm³/mol. The van der Waals surface area contributed by atoms with Crippen molar-refractivity contribution in [3.8, 4) is 11.8 Å². The highest BCUT2D eigenvalue weighted by atomic mass is 16.2. The largest absolute Gasteiger partial charge is 0.395 e. The van der Waals surface area contributed by atoms with Gasteiger partial charge in [0, 0.05) is 31.1 Å². The summed E-state index contributed by atoms with van der Waals surface area (Å²) in [5, 5.41) is 11.2. The monoisotopic (exact) mass is 275 g/mol. The fourth-order valence-electron chi connectivity index (χ4n) is 1.38. The molecule has 6 heteroatoms. The van der Waals surface area contributed by atoms with Crippen molar-refractivity contribution in [2.45, 2.75) is 19.3 Å². The Morgan fingerprint density at radius 2 is 2.20 bits per heavy atom. The van der Waals surface area contributed by atoms with E-state index in [-0.39, 0.29) is 30.5 Å². The molecule has 0 aliphatic carbocycles. The first kappa shape index (κ1) is 15.7. The summed E-state index contributed by atoms with van der Waals surface area (Å²) in [6.07, 6.45) is 2.66. The summed E-state index contributed by atoms with van der Waals surface area (Å²) in [6, 6.07) is 3.27. The number of rotatable bonds is 6. The fourth-order valence-corrected chi connectivity index (χ4v) is 1.38. The molecule has 0 radical (unpaired) electrons. The smallest absolute Gasteiger partial charge is 0.269 e. The molecule has 0 fully saturated rings. The number of aromatic nitrogens is 1. The number of aliphatic hydroxyl groups excluding tert-OH is 1. The third-order valence-corrected chi connectivity index (χ3v) is 2.35. The topological polar surface area (TPSA) is 105 Å². The Kier molecular flexibility index (Phi) is 6.79. The van der Waals surface area contributed by atoms with Crippen molar-refractivity contribution in [2.75, 3.05) is 13.2 Å². The number of hydrogen-bond donors (Lipinski definition) is 3. The van der Waals surface area contributed by atoms with Gasteiger partial charge in [0.2, 0.25) is 5.91 Å². The number of nitrogens with zero attached hydrogens (tertiary/aromatic N) is 1. The van der Waals surface area contributed by atoms with Crippen LogP contribution in [0.25, 0.3) is 0 Å². The number of aliphatic hydroxyl groups is 1. The lowest BCUT2D eigenvalue weighted by atomic mass is 10.2. The van der Waals surface area contributed by atoms with Gasteiger partial charge in [-0.1, -0.05) is 11.8 Å². The highest BCUT2D eigenvalue weighted by Crippen LogP contribution is 1.99. The van der Waals surface area contributed by atoms with E-state index in [4.69, 9.17) is 10.8 Å². The second kappa shape index (κ2) is 8.67. The van der Waals surface area contributed by atoms with Gasteiger partial charge in [-0.2, -0.15) is 0 Å². The Bertz CT molecular complexity index is 515. The van der Waals surface area contributed by atoms with Crippen LogP contribution in [0.5, 0.6) is 0 Å². The minimum atomic E-state index is -0.386. The van der Waals surface area contributed by atoms with Crippen molar-refractivity contribution in [2.24, 2.45) is 5.73 Å². The van der Waals surface area contributed by atoms with E-state index in [0.717, 1.165) is 0 Å². The van der Waals surface area contributed by atoms with Crippen LogP contribution in [0, 0.1) is 11.8 Å². The number of pyridine rings is 1. The summed E-state index contributed by atoms with van der Waals surface area (Å²) in [5.41, 5.74) is 5.97. The molecule has 0 unspecified atom stereocenters. The zero-order valence-electron chi connectivity index (χ0n) is 11.1. The van der Waals surface area contributed by atoms with E-state index in [2.05, 4.69) is 22.1 Å². The number of amides is 2. The van der Waals surface area contributed by atoms with E-state index in [1.807, 2.05) is 0 Å². The van der Waals surface area contributed by atoms with E-state index >= 15 is 0 Å². The lowest BCUT2D eigenvalue weighted by molar-refractivity contribution is -0.118. The quantitative estimate of drug-likeness (QED) is 0.494. The van der Waals surface area contributed by atoms with E-state index in [1.165, 1.54) is 6.20 Å². The maximum Gasteiger partial charge on any atom is 0.269 e. The molecule has 0 aliphatic rings. The van der Waals surface area contributed by atoms with Crippen molar-refractivity contribution in [1.29, 1.82) is 0 Å². The molecule has 1 aromatic rings. The minimum absolute atomic E-state index is 0.0201. The number of carbonyl (C=O) groups excluding carboxylic acids is 2. The lowest BCUT2D eigenvalue weighted by Gasteiger charge is -2.03. The molecule has 0 aliphatic heterocycles. The summed E-state index contributed by atoms with van der Waals surface area (Å²) in [4.78, 5) is 26.2. The van der Waals surface area contributed by atoms with Crippen LogP contribution in [0.4, 0.5) is 0 Å². The maximum atomic E-state index is 11.7. The van der Waals surface area contributed by atoms with Crippen LogP contribution < -0.4 is 11.1 Å². The molecule has 1 aromatic heterocycles. The minimum Gasteiger partial charge on any atom is -0.395 e. The molecule has 4 N–H and O–H groups in total. The van der Waals surface area contributed by atoms with Crippen LogP contribution in [0.3, 0.4) is 0 Å². The standard InChI is InChI=1S/C14H17N3O3/c15-13(19)5-3-8-16-14(20)12-7-6-11(10-17-12)4-1-2-9-18/h6-7,10,18H,2-3,5,8-9H2,(H2,15,19)(H,16,20). The van der Waals surface area contributed by atoms with Crippen LogP contribution in [-0.2, 0) is 4.79 Å². The first-order valence-electron chi connectivity index (χ1n) is 6.25. The van der Waals surface area contributed by atoms with Crippen LogP contribution in [-0.4, -0.2) is 35.1 Å². The third kappa shape index (κ3) is 5.98. The second-order valence-corrected chi connectivity index (χ2v) is 4.03. The Morgan fingerprint density at radius 1 is 1.40 bits per heavy atom. The van der Waals surface area contributed by atoms with Gasteiger partial charge >= 0.3 is 0 Å². The van der Waals surface area contributed by atoms with Crippen LogP contribution >= 0.6 is 0 Å². The molecule has 2 amide bonds. The zero-order valence-corrected chi connectivity index (χ0v) is 11.1. The molecule has 0 saturated heterocycles. The summed E-state index contributed by atoms with van der Waals surface area (Å²) >= 11 is 0. The van der Waals surface area contributed by atoms with E-state index in [0.29, 0.717) is 24.9 Å². The summed E-state index contributed by atoms with van der Waals surface area (Å²) in [7, 11) is 0. The summed E-state index contributed by atoms with van der Waals surface area (Å²) < 4.78 is 0. The fraction of sp³-hybridized carbons (Fsp3) is 0.357. The Morgan fingerprint density at radius 3 is 2.80 bits per heavy atom. The molecule has 0 spiro atoms. The Labute approximate surface area is 117 Å².